The Morgan fingerprint density at radius 3 is 2.58 bits per heavy atom. The van der Waals surface area contributed by atoms with Crippen LogP contribution in [0.2, 0.25) is 5.02 Å². The second-order valence-corrected chi connectivity index (χ2v) is 12.2. The average molecular weight is 521 g/mol. The van der Waals surface area contributed by atoms with Gasteiger partial charge in [0, 0.05) is 17.0 Å². The molecule has 3 aliphatic rings. The van der Waals surface area contributed by atoms with E-state index in [0.29, 0.717) is 17.5 Å². The smallest absolute Gasteiger partial charge is 0.145 e. The lowest BCUT2D eigenvalue weighted by Crippen LogP contribution is -2.44. The second-order valence-electron chi connectivity index (χ2n) is 10.8. The molecule has 2 bridgehead atoms. The summed E-state index contributed by atoms with van der Waals surface area (Å²) in [6.07, 6.45) is 6.07. The third-order valence-electron chi connectivity index (χ3n) is 8.53. The van der Waals surface area contributed by atoms with E-state index >= 15 is 0 Å². The fraction of sp³-hybridized carbons (Fsp3) is 0.448. The Kier molecular flexibility index (Phi) is 5.51. The van der Waals surface area contributed by atoms with Gasteiger partial charge >= 0.3 is 0 Å². The van der Waals surface area contributed by atoms with Crippen LogP contribution in [0.25, 0.3) is 21.5 Å². The number of hydrogen-bond donors (Lipinski definition) is 1. The van der Waals surface area contributed by atoms with Crippen LogP contribution in [-0.2, 0) is 16.9 Å². The number of ether oxygens (including phenoxy) is 1. The summed E-state index contributed by atoms with van der Waals surface area (Å²) in [7, 11) is 0. The summed E-state index contributed by atoms with van der Waals surface area (Å²) in [5, 5.41) is 18.0. The van der Waals surface area contributed by atoms with Gasteiger partial charge in [-0.05, 0) is 81.0 Å². The number of hydrogen-bond acceptors (Lipinski definition) is 6. The van der Waals surface area contributed by atoms with Gasteiger partial charge in [-0.1, -0.05) is 41.0 Å². The third kappa shape index (κ3) is 3.65. The average Bonchev–Trinajstić information content (AvgIpc) is 3.45. The lowest BCUT2D eigenvalue weighted by Gasteiger charge is -2.41. The summed E-state index contributed by atoms with van der Waals surface area (Å²) in [4.78, 5) is 4.85. The zero-order valence-electron chi connectivity index (χ0n) is 20.2. The number of aliphatic hydroxyl groups is 1. The van der Waals surface area contributed by atoms with Crippen LogP contribution in [-0.4, -0.2) is 21.4 Å². The van der Waals surface area contributed by atoms with Crippen LogP contribution in [0.4, 0.5) is 0 Å². The molecule has 2 aromatic carbocycles. The van der Waals surface area contributed by atoms with Gasteiger partial charge in [-0.3, -0.25) is 0 Å². The van der Waals surface area contributed by atoms with Crippen LogP contribution in [0.3, 0.4) is 0 Å². The van der Waals surface area contributed by atoms with Crippen molar-refractivity contribution in [2.45, 2.75) is 69.7 Å². The number of thiazole rings is 1. The summed E-state index contributed by atoms with van der Waals surface area (Å²) in [6, 6.07) is 14.1. The fourth-order valence-corrected chi connectivity index (χ4v) is 8.01. The summed E-state index contributed by atoms with van der Waals surface area (Å²) >= 11 is 8.24. The summed E-state index contributed by atoms with van der Waals surface area (Å²) in [6.45, 7) is 2.51. The molecular weight excluding hydrogens is 492 g/mol. The highest BCUT2D eigenvalue weighted by molar-refractivity contribution is 7.18. The first-order chi connectivity index (χ1) is 17.5. The molecule has 2 aromatic heterocycles. The number of nitrogens with zero attached hydrogens (tertiary/aromatic N) is 2. The van der Waals surface area contributed by atoms with Gasteiger partial charge in [0.15, 0.2) is 0 Å². The summed E-state index contributed by atoms with van der Waals surface area (Å²) in [5.74, 6) is 1.71. The maximum absolute atomic E-state index is 11.9. The Morgan fingerprint density at radius 2 is 1.86 bits per heavy atom. The van der Waals surface area contributed by atoms with Crippen LogP contribution in [0, 0.1) is 18.8 Å². The quantitative estimate of drug-likeness (QED) is 0.287. The maximum Gasteiger partial charge on any atom is 0.145 e. The van der Waals surface area contributed by atoms with Crippen LogP contribution >= 0.6 is 22.9 Å². The van der Waals surface area contributed by atoms with Crippen molar-refractivity contribution in [1.82, 2.24) is 10.1 Å². The van der Waals surface area contributed by atoms with Gasteiger partial charge in [-0.2, -0.15) is 0 Å². The van der Waals surface area contributed by atoms with E-state index in [9.17, 15) is 5.11 Å². The molecule has 3 saturated carbocycles. The zero-order valence-corrected chi connectivity index (χ0v) is 21.8. The van der Waals surface area contributed by atoms with Gasteiger partial charge in [0.05, 0.1) is 28.0 Å². The van der Waals surface area contributed by atoms with Crippen LogP contribution in [0.1, 0.15) is 66.3 Å². The predicted octanol–water partition coefficient (Wildman–Crippen LogP) is 7.38. The lowest BCUT2D eigenvalue weighted by atomic mass is 9.73. The first-order valence-corrected chi connectivity index (χ1v) is 14.2. The highest BCUT2D eigenvalue weighted by atomic mass is 35.5. The molecule has 0 saturated heterocycles. The number of benzene rings is 2. The Labute approximate surface area is 219 Å². The minimum absolute atomic E-state index is 0.0966. The molecular formula is C29H29ClN2O3S. The van der Waals surface area contributed by atoms with Crippen molar-refractivity contribution in [3.8, 4) is 11.3 Å². The Hall–Kier alpha value is -2.25. The minimum Gasteiger partial charge on any atom is -0.382 e. The van der Waals surface area contributed by atoms with E-state index in [1.165, 1.54) is 0 Å². The molecule has 0 aliphatic heterocycles. The van der Waals surface area contributed by atoms with Gasteiger partial charge < -0.3 is 14.4 Å². The van der Waals surface area contributed by atoms with E-state index in [0.717, 1.165) is 81.9 Å². The Balaban J connectivity index is 1.13. The summed E-state index contributed by atoms with van der Waals surface area (Å²) in [5.41, 5.74) is 3.99. The van der Waals surface area contributed by atoms with Crippen molar-refractivity contribution in [3.63, 3.8) is 0 Å². The Morgan fingerprint density at radius 1 is 1.08 bits per heavy atom. The van der Waals surface area contributed by atoms with Crippen molar-refractivity contribution in [1.29, 1.82) is 0 Å². The summed E-state index contributed by atoms with van der Waals surface area (Å²) < 4.78 is 13.6. The van der Waals surface area contributed by atoms with Gasteiger partial charge in [-0.15, -0.1) is 11.3 Å². The standard InChI is InChI=1S/C29H29ClN2O3S/c1-16-5-4-6-22(30)25(16)26-21(27(35-32-26)17-9-10-17)15-34-20-13-18-11-12-19(14-20)29(18,33)28-31-23-7-2-3-8-24(23)36-28/h2-8,17-20,33H,9-15H2,1H3/t18-,19+,20?,29?. The van der Waals surface area contributed by atoms with E-state index in [1.54, 1.807) is 11.3 Å². The van der Waals surface area contributed by atoms with Crippen LogP contribution < -0.4 is 0 Å². The Bertz CT molecular complexity index is 1370. The molecule has 7 heteroatoms. The van der Waals surface area contributed by atoms with Crippen molar-refractivity contribution in [2.75, 3.05) is 0 Å². The number of para-hydroxylation sites is 1. The van der Waals surface area contributed by atoms with Crippen LogP contribution in [0.5, 0.6) is 0 Å². The first kappa shape index (κ1) is 22.9. The number of aromatic nitrogens is 2. The number of rotatable bonds is 6. The molecule has 2 unspecified atom stereocenters. The van der Waals surface area contributed by atoms with Crippen molar-refractivity contribution in [2.24, 2.45) is 11.8 Å². The van der Waals surface area contributed by atoms with Gasteiger partial charge in [0.1, 0.15) is 22.1 Å². The molecule has 186 valence electrons. The van der Waals surface area contributed by atoms with E-state index in [-0.39, 0.29) is 17.9 Å². The van der Waals surface area contributed by atoms with E-state index in [2.05, 4.69) is 24.2 Å². The van der Waals surface area contributed by atoms with E-state index in [1.807, 2.05) is 30.3 Å². The molecule has 5 nitrogen and oxygen atoms in total. The number of fused-ring (bicyclic) bond motifs is 3. The lowest BCUT2D eigenvalue weighted by molar-refractivity contribution is -0.116. The molecule has 2 heterocycles. The SMILES string of the molecule is Cc1cccc(Cl)c1-c1noc(C2CC2)c1COC1C[C@H]2CC[C@@H](C1)C2(O)c1nc2ccccc2s1. The molecule has 3 aliphatic carbocycles. The third-order valence-corrected chi connectivity index (χ3v) is 10.0. The number of halogens is 1. The fourth-order valence-electron chi connectivity index (χ4n) is 6.49. The number of aryl methyl sites for hydroxylation is 1. The molecule has 7 rings (SSSR count). The predicted molar refractivity (Wildman–Crippen MR) is 141 cm³/mol. The molecule has 1 N–H and O–H groups in total. The molecule has 36 heavy (non-hydrogen) atoms. The molecule has 4 aromatic rings. The zero-order chi connectivity index (χ0) is 24.4. The maximum atomic E-state index is 11.9. The highest BCUT2D eigenvalue weighted by Crippen LogP contribution is 2.57. The van der Waals surface area contributed by atoms with Crippen molar-refractivity contribution < 1.29 is 14.4 Å². The van der Waals surface area contributed by atoms with E-state index in [4.69, 9.17) is 25.8 Å². The molecule has 0 amide bonds. The topological polar surface area (TPSA) is 68.4 Å². The van der Waals surface area contributed by atoms with E-state index < -0.39 is 5.60 Å². The molecule has 0 radical (unpaired) electrons. The largest absolute Gasteiger partial charge is 0.382 e. The van der Waals surface area contributed by atoms with Gasteiger partial charge in [-0.25, -0.2) is 4.98 Å². The van der Waals surface area contributed by atoms with Crippen LogP contribution in [0.15, 0.2) is 47.0 Å². The first-order valence-electron chi connectivity index (χ1n) is 13.0. The second kappa shape index (κ2) is 8.66. The monoisotopic (exact) mass is 520 g/mol. The molecule has 3 fully saturated rings. The minimum atomic E-state index is -0.847. The van der Waals surface area contributed by atoms with Gasteiger partial charge in [0.2, 0.25) is 0 Å². The van der Waals surface area contributed by atoms with Gasteiger partial charge in [0.25, 0.3) is 0 Å². The molecule has 4 atom stereocenters. The van der Waals surface area contributed by atoms with Crippen molar-refractivity contribution in [3.05, 3.63) is 69.4 Å². The molecule has 0 spiro atoms. The highest BCUT2D eigenvalue weighted by Gasteiger charge is 2.56. The van der Waals surface area contributed by atoms with Crippen molar-refractivity contribution >= 4 is 33.2 Å². The normalized spacial score (nSPS) is 27.7.